The van der Waals surface area contributed by atoms with Gasteiger partial charge in [0.1, 0.15) is 4.32 Å². The first-order chi connectivity index (χ1) is 15.8. The van der Waals surface area contributed by atoms with Crippen molar-refractivity contribution >= 4 is 62.1 Å². The van der Waals surface area contributed by atoms with Crippen molar-refractivity contribution < 1.29 is 19.1 Å². The van der Waals surface area contributed by atoms with Crippen LogP contribution in [0.25, 0.3) is 6.08 Å². The molecule has 1 heterocycles. The van der Waals surface area contributed by atoms with Crippen LogP contribution >= 0.6 is 39.9 Å². The number of methoxy groups -OCH3 is 1. The fourth-order valence-corrected chi connectivity index (χ4v) is 4.79. The first-order valence-corrected chi connectivity index (χ1v) is 12.4. The zero-order valence-electron chi connectivity index (χ0n) is 18.6. The molecule has 0 unspecified atom stereocenters. The number of carbonyl (C=O) groups excluding carboxylic acids is 2. The SMILES string of the molecule is COc1cc(C=C2SC(=S)N(CC(C)C)C2=O)c(Br)cc1OCC(=O)NCc1ccccc1. The summed E-state index contributed by atoms with van der Waals surface area (Å²) in [5, 5.41) is 2.82. The third kappa shape index (κ3) is 6.82. The molecule has 33 heavy (non-hydrogen) atoms. The number of rotatable bonds is 9. The Hall–Kier alpha value is -2.36. The third-order valence-electron chi connectivity index (χ3n) is 4.68. The number of benzene rings is 2. The van der Waals surface area contributed by atoms with E-state index in [9.17, 15) is 9.59 Å². The van der Waals surface area contributed by atoms with E-state index in [1.807, 2.05) is 44.2 Å². The standard InChI is InChI=1S/C24H25BrN2O4S2/c1-15(2)13-27-23(29)21(33-24(27)32)10-17-9-19(30-3)20(11-18(17)25)31-14-22(28)26-12-16-7-5-4-6-8-16/h4-11,15H,12-14H2,1-3H3,(H,26,28). The fraction of sp³-hybridized carbons (Fsp3) is 0.292. The van der Waals surface area contributed by atoms with Crippen LogP contribution in [0.3, 0.4) is 0 Å². The number of ether oxygens (including phenoxy) is 2. The number of halogens is 1. The van der Waals surface area contributed by atoms with Crippen LogP contribution in [0.5, 0.6) is 11.5 Å². The van der Waals surface area contributed by atoms with Crippen molar-refractivity contribution in [2.24, 2.45) is 5.92 Å². The van der Waals surface area contributed by atoms with Gasteiger partial charge in [-0.05, 0) is 35.3 Å². The minimum Gasteiger partial charge on any atom is -0.493 e. The predicted octanol–water partition coefficient (Wildman–Crippen LogP) is 5.01. The molecule has 0 saturated carbocycles. The molecule has 0 spiro atoms. The van der Waals surface area contributed by atoms with Gasteiger partial charge in [0.2, 0.25) is 0 Å². The quantitative estimate of drug-likeness (QED) is 0.351. The van der Waals surface area contributed by atoms with Crippen molar-refractivity contribution in [1.82, 2.24) is 10.2 Å². The summed E-state index contributed by atoms with van der Waals surface area (Å²) in [6, 6.07) is 13.1. The van der Waals surface area contributed by atoms with Crippen molar-refractivity contribution in [1.29, 1.82) is 0 Å². The molecule has 1 aliphatic heterocycles. The fourth-order valence-electron chi connectivity index (χ4n) is 3.09. The summed E-state index contributed by atoms with van der Waals surface area (Å²) in [7, 11) is 1.53. The third-order valence-corrected chi connectivity index (χ3v) is 6.75. The molecule has 0 aliphatic carbocycles. The minimum absolute atomic E-state index is 0.0972. The van der Waals surface area contributed by atoms with Gasteiger partial charge in [-0.1, -0.05) is 84.1 Å². The Labute approximate surface area is 211 Å². The molecule has 0 bridgehead atoms. The number of carbonyl (C=O) groups is 2. The number of thiocarbonyl (C=S) groups is 1. The van der Waals surface area contributed by atoms with Gasteiger partial charge < -0.3 is 14.8 Å². The van der Waals surface area contributed by atoms with Gasteiger partial charge in [0.15, 0.2) is 18.1 Å². The molecule has 1 saturated heterocycles. The first kappa shape index (κ1) is 25.3. The minimum atomic E-state index is -0.241. The Balaban J connectivity index is 1.68. The van der Waals surface area contributed by atoms with Gasteiger partial charge in [-0.15, -0.1) is 0 Å². The lowest BCUT2D eigenvalue weighted by atomic mass is 10.1. The molecule has 0 atom stereocenters. The Morgan fingerprint density at radius 1 is 1.24 bits per heavy atom. The molecular weight excluding hydrogens is 524 g/mol. The molecule has 2 aromatic rings. The molecule has 174 valence electrons. The molecule has 0 aromatic heterocycles. The van der Waals surface area contributed by atoms with Crippen molar-refractivity contribution in [3.8, 4) is 11.5 Å². The summed E-state index contributed by atoms with van der Waals surface area (Å²) in [4.78, 5) is 27.1. The van der Waals surface area contributed by atoms with E-state index in [1.165, 1.54) is 18.9 Å². The van der Waals surface area contributed by atoms with Crippen LogP contribution in [-0.2, 0) is 16.1 Å². The summed E-state index contributed by atoms with van der Waals surface area (Å²) in [5.41, 5.74) is 1.76. The second-order valence-corrected chi connectivity index (χ2v) is 10.3. The van der Waals surface area contributed by atoms with E-state index in [0.29, 0.717) is 44.2 Å². The Bertz CT molecular complexity index is 1070. The molecule has 2 amide bonds. The van der Waals surface area contributed by atoms with Crippen LogP contribution in [0, 0.1) is 5.92 Å². The highest BCUT2D eigenvalue weighted by atomic mass is 79.9. The van der Waals surface area contributed by atoms with E-state index in [-0.39, 0.29) is 18.4 Å². The highest BCUT2D eigenvalue weighted by Gasteiger charge is 2.32. The molecule has 6 nitrogen and oxygen atoms in total. The average molecular weight is 550 g/mol. The van der Waals surface area contributed by atoms with E-state index in [1.54, 1.807) is 23.1 Å². The van der Waals surface area contributed by atoms with Gasteiger partial charge in [-0.25, -0.2) is 0 Å². The van der Waals surface area contributed by atoms with E-state index in [4.69, 9.17) is 21.7 Å². The van der Waals surface area contributed by atoms with Gasteiger partial charge in [-0.3, -0.25) is 14.5 Å². The lowest BCUT2D eigenvalue weighted by Gasteiger charge is -2.16. The van der Waals surface area contributed by atoms with E-state index >= 15 is 0 Å². The largest absolute Gasteiger partial charge is 0.493 e. The number of thioether (sulfide) groups is 1. The molecule has 1 fully saturated rings. The van der Waals surface area contributed by atoms with Crippen LogP contribution < -0.4 is 14.8 Å². The second-order valence-electron chi connectivity index (χ2n) is 7.76. The van der Waals surface area contributed by atoms with E-state index in [2.05, 4.69) is 21.2 Å². The maximum absolute atomic E-state index is 12.8. The maximum Gasteiger partial charge on any atom is 0.266 e. The number of amides is 2. The predicted molar refractivity (Wildman–Crippen MR) is 139 cm³/mol. The highest BCUT2D eigenvalue weighted by molar-refractivity contribution is 9.10. The van der Waals surface area contributed by atoms with E-state index < -0.39 is 0 Å². The molecule has 1 N–H and O–H groups in total. The van der Waals surface area contributed by atoms with Crippen LogP contribution in [-0.4, -0.2) is 41.3 Å². The summed E-state index contributed by atoms with van der Waals surface area (Å²) >= 11 is 10.2. The molecule has 9 heteroatoms. The van der Waals surface area contributed by atoms with Crippen LogP contribution in [0.1, 0.15) is 25.0 Å². The Morgan fingerprint density at radius 3 is 2.64 bits per heavy atom. The highest BCUT2D eigenvalue weighted by Crippen LogP contribution is 2.38. The number of hydrogen-bond donors (Lipinski definition) is 1. The summed E-state index contributed by atoms with van der Waals surface area (Å²) < 4.78 is 12.4. The van der Waals surface area contributed by atoms with Crippen molar-refractivity contribution in [3.05, 3.63) is 63.0 Å². The normalized spacial score (nSPS) is 14.8. The Morgan fingerprint density at radius 2 is 1.97 bits per heavy atom. The smallest absolute Gasteiger partial charge is 0.266 e. The zero-order valence-corrected chi connectivity index (χ0v) is 21.8. The van der Waals surface area contributed by atoms with Gasteiger partial charge >= 0.3 is 0 Å². The summed E-state index contributed by atoms with van der Waals surface area (Å²) in [6.07, 6.45) is 1.78. The molecular formula is C24H25BrN2O4S2. The number of nitrogens with one attached hydrogen (secondary N) is 1. The van der Waals surface area contributed by atoms with Gasteiger partial charge in [-0.2, -0.15) is 0 Å². The topological polar surface area (TPSA) is 67.9 Å². The van der Waals surface area contributed by atoms with E-state index in [0.717, 1.165) is 11.1 Å². The van der Waals surface area contributed by atoms with Gasteiger partial charge in [0.25, 0.3) is 11.8 Å². The maximum atomic E-state index is 12.8. The monoisotopic (exact) mass is 548 g/mol. The van der Waals surface area contributed by atoms with Crippen LogP contribution in [0.15, 0.2) is 51.8 Å². The van der Waals surface area contributed by atoms with Crippen LogP contribution in [0.4, 0.5) is 0 Å². The Kier molecular flexibility index (Phi) is 8.94. The average Bonchev–Trinajstić information content (AvgIpc) is 3.05. The van der Waals surface area contributed by atoms with Gasteiger partial charge in [0, 0.05) is 17.6 Å². The van der Waals surface area contributed by atoms with Crippen LogP contribution in [0.2, 0.25) is 0 Å². The molecule has 3 rings (SSSR count). The molecule has 2 aromatic carbocycles. The number of hydrogen-bond acceptors (Lipinski definition) is 6. The zero-order chi connectivity index (χ0) is 24.0. The lowest BCUT2D eigenvalue weighted by Crippen LogP contribution is -2.31. The van der Waals surface area contributed by atoms with Crippen molar-refractivity contribution in [3.63, 3.8) is 0 Å². The van der Waals surface area contributed by atoms with Crippen molar-refractivity contribution in [2.45, 2.75) is 20.4 Å². The lowest BCUT2D eigenvalue weighted by molar-refractivity contribution is -0.123. The number of nitrogens with zero attached hydrogens (tertiary/aromatic N) is 1. The molecule has 1 aliphatic rings. The first-order valence-electron chi connectivity index (χ1n) is 10.3. The summed E-state index contributed by atoms with van der Waals surface area (Å²) in [6.45, 7) is 4.96. The molecule has 0 radical (unpaired) electrons. The van der Waals surface area contributed by atoms with Gasteiger partial charge in [0.05, 0.1) is 12.0 Å². The summed E-state index contributed by atoms with van der Waals surface area (Å²) in [5.74, 6) is 0.858. The second kappa shape index (κ2) is 11.7. The van der Waals surface area contributed by atoms with Crippen molar-refractivity contribution in [2.75, 3.05) is 20.3 Å².